The second-order valence-electron chi connectivity index (χ2n) is 3.44. The van der Waals surface area contributed by atoms with Gasteiger partial charge in [-0.05, 0) is 20.9 Å². The molecular formula is C8H16N2O. The summed E-state index contributed by atoms with van der Waals surface area (Å²) in [6, 6.07) is 0.866. The summed E-state index contributed by atoms with van der Waals surface area (Å²) in [6.07, 6.45) is 0.953. The molecule has 1 rings (SSSR count). The summed E-state index contributed by atoms with van der Waals surface area (Å²) in [4.78, 5) is 14.7. The molecule has 3 heteroatoms. The van der Waals surface area contributed by atoms with E-state index in [2.05, 4.69) is 25.8 Å². The number of hydrogen-bond acceptors (Lipinski definition) is 2. The van der Waals surface area contributed by atoms with Crippen molar-refractivity contribution in [2.24, 2.45) is 0 Å². The molecule has 0 N–H and O–H groups in total. The fourth-order valence-electron chi connectivity index (χ4n) is 1.47. The maximum Gasteiger partial charge on any atom is 0.210 e. The van der Waals surface area contributed by atoms with Crippen molar-refractivity contribution in [2.75, 3.05) is 20.1 Å². The molecule has 0 bridgehead atoms. The largest absolute Gasteiger partial charge is 0.340 e. The zero-order valence-corrected chi connectivity index (χ0v) is 7.45. The fraction of sp³-hybridized carbons (Fsp3) is 0.875. The van der Waals surface area contributed by atoms with Crippen molar-refractivity contribution in [2.45, 2.75) is 25.9 Å². The number of nitrogens with zero attached hydrogens (tertiary/aromatic N) is 2. The Bertz CT molecular complexity index is 149. The Balaban J connectivity index is 2.54. The van der Waals surface area contributed by atoms with E-state index in [-0.39, 0.29) is 0 Å². The fourth-order valence-corrected chi connectivity index (χ4v) is 1.47. The molecule has 1 amide bonds. The molecule has 1 fully saturated rings. The molecule has 0 aromatic rings. The van der Waals surface area contributed by atoms with Gasteiger partial charge in [-0.2, -0.15) is 0 Å². The molecule has 2 atom stereocenters. The van der Waals surface area contributed by atoms with E-state index in [0.29, 0.717) is 12.1 Å². The van der Waals surface area contributed by atoms with Crippen LogP contribution in [0.25, 0.3) is 0 Å². The second kappa shape index (κ2) is 3.22. The van der Waals surface area contributed by atoms with Gasteiger partial charge in [0.1, 0.15) is 0 Å². The predicted molar refractivity (Wildman–Crippen MR) is 44.3 cm³/mol. The molecule has 64 valence electrons. The van der Waals surface area contributed by atoms with Gasteiger partial charge in [-0.3, -0.25) is 9.69 Å². The minimum Gasteiger partial charge on any atom is -0.340 e. The average molecular weight is 156 g/mol. The zero-order chi connectivity index (χ0) is 8.43. The smallest absolute Gasteiger partial charge is 0.210 e. The molecular weight excluding hydrogens is 140 g/mol. The van der Waals surface area contributed by atoms with E-state index >= 15 is 0 Å². The van der Waals surface area contributed by atoms with E-state index < -0.39 is 0 Å². The van der Waals surface area contributed by atoms with Crippen molar-refractivity contribution >= 4 is 6.41 Å². The highest BCUT2D eigenvalue weighted by molar-refractivity contribution is 5.48. The molecule has 0 saturated carbocycles. The van der Waals surface area contributed by atoms with Crippen LogP contribution >= 0.6 is 0 Å². The topological polar surface area (TPSA) is 23.6 Å². The number of rotatable bonds is 1. The quantitative estimate of drug-likeness (QED) is 0.505. The van der Waals surface area contributed by atoms with Crippen LogP contribution in [-0.2, 0) is 4.79 Å². The van der Waals surface area contributed by atoms with Gasteiger partial charge < -0.3 is 4.90 Å². The summed E-state index contributed by atoms with van der Waals surface area (Å²) >= 11 is 0. The standard InChI is InChI=1S/C8H16N2O/c1-7-5-10(6-11)8(2)4-9(7)3/h6-8H,4-5H2,1-3H3. The van der Waals surface area contributed by atoms with Gasteiger partial charge >= 0.3 is 0 Å². The zero-order valence-electron chi connectivity index (χ0n) is 7.45. The van der Waals surface area contributed by atoms with Crippen molar-refractivity contribution in [1.82, 2.24) is 9.80 Å². The summed E-state index contributed by atoms with van der Waals surface area (Å²) in [5.41, 5.74) is 0. The SMILES string of the molecule is CC1CN(C=O)C(C)CN1C. The maximum absolute atomic E-state index is 10.5. The summed E-state index contributed by atoms with van der Waals surface area (Å²) in [5, 5.41) is 0. The lowest BCUT2D eigenvalue weighted by Gasteiger charge is -2.40. The van der Waals surface area contributed by atoms with Gasteiger partial charge in [0.2, 0.25) is 6.41 Å². The monoisotopic (exact) mass is 156 g/mol. The highest BCUT2D eigenvalue weighted by Crippen LogP contribution is 2.10. The van der Waals surface area contributed by atoms with Crippen LogP contribution in [0.1, 0.15) is 13.8 Å². The van der Waals surface area contributed by atoms with E-state index in [1.165, 1.54) is 0 Å². The van der Waals surface area contributed by atoms with Crippen LogP contribution in [0.2, 0.25) is 0 Å². The van der Waals surface area contributed by atoms with Crippen molar-refractivity contribution in [1.29, 1.82) is 0 Å². The number of carbonyl (C=O) groups is 1. The Morgan fingerprint density at radius 1 is 1.27 bits per heavy atom. The van der Waals surface area contributed by atoms with E-state index in [1.807, 2.05) is 4.90 Å². The van der Waals surface area contributed by atoms with Crippen LogP contribution < -0.4 is 0 Å². The van der Waals surface area contributed by atoms with Crippen LogP contribution in [0.3, 0.4) is 0 Å². The molecule has 0 aromatic carbocycles. The first kappa shape index (κ1) is 8.53. The van der Waals surface area contributed by atoms with Crippen LogP contribution in [-0.4, -0.2) is 48.4 Å². The van der Waals surface area contributed by atoms with E-state index in [0.717, 1.165) is 19.5 Å². The first-order valence-corrected chi connectivity index (χ1v) is 4.06. The van der Waals surface area contributed by atoms with Crippen LogP contribution in [0.15, 0.2) is 0 Å². The van der Waals surface area contributed by atoms with Gasteiger partial charge in [-0.25, -0.2) is 0 Å². The van der Waals surface area contributed by atoms with Crippen molar-refractivity contribution < 1.29 is 4.79 Å². The van der Waals surface area contributed by atoms with Crippen molar-refractivity contribution in [3.63, 3.8) is 0 Å². The Kier molecular flexibility index (Phi) is 2.49. The summed E-state index contributed by atoms with van der Waals surface area (Å²) in [6.45, 7) is 6.07. The predicted octanol–water partition coefficient (Wildman–Crippen LogP) is 0.167. The molecule has 3 nitrogen and oxygen atoms in total. The number of amides is 1. The van der Waals surface area contributed by atoms with Gasteiger partial charge in [-0.1, -0.05) is 0 Å². The minimum absolute atomic E-state index is 0.369. The molecule has 2 unspecified atom stereocenters. The molecule has 0 aromatic heterocycles. The molecule has 0 aliphatic carbocycles. The van der Waals surface area contributed by atoms with Crippen molar-refractivity contribution in [3.05, 3.63) is 0 Å². The van der Waals surface area contributed by atoms with Crippen LogP contribution in [0.5, 0.6) is 0 Å². The van der Waals surface area contributed by atoms with Gasteiger partial charge in [0.15, 0.2) is 0 Å². The number of carbonyl (C=O) groups excluding carboxylic acids is 1. The van der Waals surface area contributed by atoms with Gasteiger partial charge in [0.25, 0.3) is 0 Å². The first-order valence-electron chi connectivity index (χ1n) is 4.06. The third kappa shape index (κ3) is 1.71. The van der Waals surface area contributed by atoms with E-state index in [1.54, 1.807) is 0 Å². The third-order valence-electron chi connectivity index (χ3n) is 2.48. The van der Waals surface area contributed by atoms with E-state index in [9.17, 15) is 4.79 Å². The highest BCUT2D eigenvalue weighted by atomic mass is 16.1. The lowest BCUT2D eigenvalue weighted by atomic mass is 10.1. The average Bonchev–Trinajstić information content (AvgIpc) is 1.97. The van der Waals surface area contributed by atoms with Gasteiger partial charge in [0, 0.05) is 25.2 Å². The minimum atomic E-state index is 0.369. The number of hydrogen-bond donors (Lipinski definition) is 0. The number of likely N-dealkylation sites (N-methyl/N-ethyl adjacent to an activating group) is 1. The first-order chi connectivity index (χ1) is 5.15. The van der Waals surface area contributed by atoms with Gasteiger partial charge in [0.05, 0.1) is 0 Å². The van der Waals surface area contributed by atoms with E-state index in [4.69, 9.17) is 0 Å². The molecule has 1 saturated heterocycles. The Morgan fingerprint density at radius 2 is 1.91 bits per heavy atom. The lowest BCUT2D eigenvalue weighted by Crippen LogP contribution is -2.54. The molecule has 1 heterocycles. The lowest BCUT2D eigenvalue weighted by molar-refractivity contribution is -0.123. The maximum atomic E-state index is 10.5. The van der Waals surface area contributed by atoms with Crippen LogP contribution in [0, 0.1) is 0 Å². The van der Waals surface area contributed by atoms with Gasteiger partial charge in [-0.15, -0.1) is 0 Å². The Labute approximate surface area is 68.0 Å². The van der Waals surface area contributed by atoms with Crippen LogP contribution in [0.4, 0.5) is 0 Å². The number of piperazine rings is 1. The second-order valence-corrected chi connectivity index (χ2v) is 3.44. The Morgan fingerprint density at radius 3 is 2.45 bits per heavy atom. The van der Waals surface area contributed by atoms with Crippen molar-refractivity contribution in [3.8, 4) is 0 Å². The molecule has 0 spiro atoms. The molecule has 1 aliphatic heterocycles. The molecule has 0 radical (unpaired) electrons. The molecule has 11 heavy (non-hydrogen) atoms. The summed E-state index contributed by atoms with van der Waals surface area (Å²) in [5.74, 6) is 0. The summed E-state index contributed by atoms with van der Waals surface area (Å²) < 4.78 is 0. The Hall–Kier alpha value is -0.570. The highest BCUT2D eigenvalue weighted by Gasteiger charge is 2.24. The normalized spacial score (nSPS) is 33.9. The third-order valence-corrected chi connectivity index (χ3v) is 2.48. The summed E-state index contributed by atoms with van der Waals surface area (Å²) in [7, 11) is 2.10. The molecule has 1 aliphatic rings.